The van der Waals surface area contributed by atoms with Crippen molar-refractivity contribution in [2.24, 2.45) is 5.73 Å². The van der Waals surface area contributed by atoms with Gasteiger partial charge in [-0.15, -0.1) is 0 Å². The Labute approximate surface area is 119 Å². The zero-order valence-electron chi connectivity index (χ0n) is 11.6. The Morgan fingerprint density at radius 2 is 2.00 bits per heavy atom. The zero-order chi connectivity index (χ0) is 13.8. The normalized spacial score (nSPS) is 16.6. The molecule has 2 N–H and O–H groups in total. The third-order valence-electron chi connectivity index (χ3n) is 3.32. The zero-order valence-corrected chi connectivity index (χ0v) is 12.4. The molecule has 0 aromatic carbocycles. The summed E-state index contributed by atoms with van der Waals surface area (Å²) in [6, 6.07) is 2.09. The number of aryl methyl sites for hydroxylation is 2. The van der Waals surface area contributed by atoms with E-state index in [9.17, 15) is 0 Å². The van der Waals surface area contributed by atoms with Gasteiger partial charge >= 0.3 is 0 Å². The lowest BCUT2D eigenvalue weighted by Crippen LogP contribution is -2.48. The van der Waals surface area contributed by atoms with E-state index in [-0.39, 0.29) is 0 Å². The predicted octanol–water partition coefficient (Wildman–Crippen LogP) is 0.756. The van der Waals surface area contributed by atoms with Gasteiger partial charge in [-0.1, -0.05) is 19.1 Å². The van der Waals surface area contributed by atoms with E-state index in [0.717, 1.165) is 49.9 Å². The molecule has 0 spiro atoms. The van der Waals surface area contributed by atoms with Gasteiger partial charge in [0.15, 0.2) is 0 Å². The van der Waals surface area contributed by atoms with Crippen molar-refractivity contribution in [3.8, 4) is 0 Å². The first-order valence-electron chi connectivity index (χ1n) is 6.68. The van der Waals surface area contributed by atoms with Gasteiger partial charge in [0.2, 0.25) is 0 Å². The van der Waals surface area contributed by atoms with Crippen LogP contribution in [-0.4, -0.2) is 52.6 Å². The van der Waals surface area contributed by atoms with Gasteiger partial charge in [0.05, 0.1) is 4.99 Å². The van der Waals surface area contributed by atoms with Crippen LogP contribution in [-0.2, 0) is 6.42 Å². The second-order valence-electron chi connectivity index (χ2n) is 4.85. The van der Waals surface area contributed by atoms with Crippen LogP contribution in [0.25, 0.3) is 0 Å². The quantitative estimate of drug-likeness (QED) is 0.821. The van der Waals surface area contributed by atoms with E-state index in [1.165, 1.54) is 0 Å². The minimum absolute atomic E-state index is 0.569. The van der Waals surface area contributed by atoms with Crippen LogP contribution in [0.15, 0.2) is 6.07 Å². The fraction of sp³-hybridized carbons (Fsp3) is 0.615. The molecular weight excluding hydrogens is 258 g/mol. The number of hydrogen-bond acceptors (Lipinski definition) is 5. The van der Waals surface area contributed by atoms with Gasteiger partial charge in [-0.3, -0.25) is 4.90 Å². The molecule has 1 aromatic heterocycles. The summed E-state index contributed by atoms with van der Waals surface area (Å²) < 4.78 is 0. The monoisotopic (exact) mass is 279 g/mol. The van der Waals surface area contributed by atoms with Crippen molar-refractivity contribution in [3.05, 3.63) is 17.6 Å². The van der Waals surface area contributed by atoms with Crippen LogP contribution in [0.5, 0.6) is 0 Å². The second kappa shape index (κ2) is 6.25. The van der Waals surface area contributed by atoms with Gasteiger partial charge in [-0.2, -0.15) is 0 Å². The molecule has 0 bridgehead atoms. The third kappa shape index (κ3) is 3.84. The molecule has 1 fully saturated rings. The topological polar surface area (TPSA) is 58.3 Å². The van der Waals surface area contributed by atoms with Gasteiger partial charge in [0, 0.05) is 44.5 Å². The van der Waals surface area contributed by atoms with Crippen LogP contribution in [0.4, 0.5) is 5.82 Å². The molecule has 19 heavy (non-hydrogen) atoms. The predicted molar refractivity (Wildman–Crippen MR) is 81.6 cm³/mol. The first kappa shape index (κ1) is 14.1. The van der Waals surface area contributed by atoms with Crippen LogP contribution in [0, 0.1) is 6.92 Å². The highest BCUT2D eigenvalue weighted by molar-refractivity contribution is 7.80. The van der Waals surface area contributed by atoms with Gasteiger partial charge in [0.1, 0.15) is 11.6 Å². The number of nitrogens with zero attached hydrogens (tertiary/aromatic N) is 4. The first-order valence-corrected chi connectivity index (χ1v) is 7.09. The Balaban J connectivity index is 2.01. The van der Waals surface area contributed by atoms with E-state index >= 15 is 0 Å². The molecule has 0 radical (unpaired) electrons. The molecule has 0 amide bonds. The van der Waals surface area contributed by atoms with E-state index in [1.807, 2.05) is 6.92 Å². The molecule has 2 rings (SSSR count). The highest BCUT2D eigenvalue weighted by Gasteiger charge is 2.18. The second-order valence-corrected chi connectivity index (χ2v) is 5.37. The molecule has 0 atom stereocenters. The summed E-state index contributed by atoms with van der Waals surface area (Å²) in [5.74, 6) is 1.89. The van der Waals surface area contributed by atoms with E-state index < -0.39 is 0 Å². The van der Waals surface area contributed by atoms with Gasteiger partial charge in [-0.05, 0) is 13.3 Å². The number of thiocarbonyl (C=S) groups is 1. The van der Waals surface area contributed by atoms with Crippen molar-refractivity contribution in [1.82, 2.24) is 14.9 Å². The molecule has 1 aliphatic heterocycles. The molecule has 2 heterocycles. The minimum Gasteiger partial charge on any atom is -0.392 e. The van der Waals surface area contributed by atoms with Crippen LogP contribution >= 0.6 is 12.2 Å². The van der Waals surface area contributed by atoms with Crippen molar-refractivity contribution in [1.29, 1.82) is 0 Å². The Kier molecular flexibility index (Phi) is 4.66. The van der Waals surface area contributed by atoms with Crippen LogP contribution in [0.1, 0.15) is 18.4 Å². The summed E-state index contributed by atoms with van der Waals surface area (Å²) in [5.41, 5.74) is 6.69. The Morgan fingerprint density at radius 3 is 2.58 bits per heavy atom. The molecule has 1 aromatic rings. The van der Waals surface area contributed by atoms with Crippen LogP contribution in [0.2, 0.25) is 0 Å². The Bertz CT molecular complexity index is 454. The molecule has 0 aliphatic carbocycles. The Hall–Kier alpha value is -1.27. The number of rotatable bonds is 4. The third-order valence-corrected chi connectivity index (χ3v) is 3.44. The largest absolute Gasteiger partial charge is 0.392 e. The molecule has 5 nitrogen and oxygen atoms in total. The van der Waals surface area contributed by atoms with E-state index in [2.05, 4.69) is 32.8 Å². The summed E-state index contributed by atoms with van der Waals surface area (Å²) in [4.78, 5) is 14.1. The fourth-order valence-electron chi connectivity index (χ4n) is 2.31. The average molecular weight is 279 g/mol. The molecule has 1 aliphatic rings. The van der Waals surface area contributed by atoms with Gasteiger partial charge in [0.25, 0.3) is 0 Å². The maximum absolute atomic E-state index is 5.58. The lowest BCUT2D eigenvalue weighted by atomic mass is 10.2. The number of anilines is 1. The fourth-order valence-corrected chi connectivity index (χ4v) is 2.49. The van der Waals surface area contributed by atoms with E-state index in [1.54, 1.807) is 0 Å². The first-order chi connectivity index (χ1) is 9.08. The van der Waals surface area contributed by atoms with E-state index in [0.29, 0.717) is 11.5 Å². The highest BCUT2D eigenvalue weighted by Crippen LogP contribution is 2.15. The lowest BCUT2D eigenvalue weighted by molar-refractivity contribution is 0.291. The maximum atomic E-state index is 5.58. The summed E-state index contributed by atoms with van der Waals surface area (Å²) in [6.07, 6.45) is 0.942. The summed E-state index contributed by atoms with van der Waals surface area (Å²) in [7, 11) is 0. The number of piperazine rings is 1. The number of hydrogen-bond donors (Lipinski definition) is 1. The Morgan fingerprint density at radius 1 is 1.32 bits per heavy atom. The smallest absolute Gasteiger partial charge is 0.132 e. The van der Waals surface area contributed by atoms with Crippen molar-refractivity contribution in [3.63, 3.8) is 0 Å². The SMILES string of the molecule is CCc1cc(N2CCN(CC(N)=S)CC2)nc(C)n1. The summed E-state index contributed by atoms with van der Waals surface area (Å²) >= 11 is 4.95. The molecule has 1 saturated heterocycles. The van der Waals surface area contributed by atoms with Gasteiger partial charge in [-0.25, -0.2) is 9.97 Å². The number of nitrogens with two attached hydrogens (primary N) is 1. The van der Waals surface area contributed by atoms with Crippen LogP contribution in [0.3, 0.4) is 0 Å². The lowest BCUT2D eigenvalue weighted by Gasteiger charge is -2.35. The van der Waals surface area contributed by atoms with Crippen molar-refractivity contribution in [2.45, 2.75) is 20.3 Å². The minimum atomic E-state index is 0.569. The molecule has 0 saturated carbocycles. The molecule has 6 heteroatoms. The van der Waals surface area contributed by atoms with Crippen molar-refractivity contribution >= 4 is 23.0 Å². The summed E-state index contributed by atoms with van der Waals surface area (Å²) in [6.45, 7) is 8.65. The van der Waals surface area contributed by atoms with Crippen molar-refractivity contribution in [2.75, 3.05) is 37.6 Å². The average Bonchev–Trinajstić information content (AvgIpc) is 2.38. The molecule has 0 unspecified atom stereocenters. The summed E-state index contributed by atoms with van der Waals surface area (Å²) in [5, 5.41) is 0. The standard InChI is InChI=1S/C13H21N5S/c1-3-11-8-13(16-10(2)15-11)18-6-4-17(5-7-18)9-12(14)19/h8H,3-7,9H2,1-2H3,(H2,14,19). The van der Waals surface area contributed by atoms with Crippen LogP contribution < -0.4 is 10.6 Å². The maximum Gasteiger partial charge on any atom is 0.132 e. The molecule has 104 valence electrons. The number of aromatic nitrogens is 2. The molecular formula is C13H21N5S. The van der Waals surface area contributed by atoms with E-state index in [4.69, 9.17) is 18.0 Å². The van der Waals surface area contributed by atoms with Gasteiger partial charge < -0.3 is 10.6 Å². The highest BCUT2D eigenvalue weighted by atomic mass is 32.1. The van der Waals surface area contributed by atoms with Crippen molar-refractivity contribution < 1.29 is 0 Å².